The Balaban J connectivity index is 1.95. The lowest BCUT2D eigenvalue weighted by Gasteiger charge is -2.25. The van der Waals surface area contributed by atoms with Crippen molar-refractivity contribution in [3.8, 4) is 0 Å². The molecule has 100 valence electrons. The summed E-state index contributed by atoms with van der Waals surface area (Å²) >= 11 is 0. The number of anilines is 1. The van der Waals surface area contributed by atoms with Crippen molar-refractivity contribution in [3.63, 3.8) is 0 Å². The summed E-state index contributed by atoms with van der Waals surface area (Å²) in [5.41, 5.74) is 4.10. The number of nitrogens with one attached hydrogen (secondary N) is 1. The predicted octanol–water partition coefficient (Wildman–Crippen LogP) is 1.66. The van der Waals surface area contributed by atoms with Gasteiger partial charge in [-0.05, 0) is 42.5 Å². The molecule has 1 N–H and O–H groups in total. The second-order valence-electron chi connectivity index (χ2n) is 5.19. The fraction of sp³-hybridized carbons (Fsp3) is 0.467. The summed E-state index contributed by atoms with van der Waals surface area (Å²) in [7, 11) is 0. The highest BCUT2D eigenvalue weighted by molar-refractivity contribution is 6.01. The maximum atomic E-state index is 12.0. The summed E-state index contributed by atoms with van der Waals surface area (Å²) in [6.45, 7) is 3.51. The number of nitrogens with zero attached hydrogens (tertiary/aromatic N) is 1. The number of amides is 2. The molecule has 0 saturated heterocycles. The van der Waals surface area contributed by atoms with Gasteiger partial charge in [-0.2, -0.15) is 0 Å². The van der Waals surface area contributed by atoms with Crippen LogP contribution in [0.4, 0.5) is 5.69 Å². The van der Waals surface area contributed by atoms with E-state index in [2.05, 4.69) is 5.32 Å². The van der Waals surface area contributed by atoms with E-state index in [1.165, 1.54) is 0 Å². The number of hydrogen-bond acceptors (Lipinski definition) is 2. The van der Waals surface area contributed by atoms with Crippen molar-refractivity contribution in [2.45, 2.75) is 32.6 Å². The molecule has 2 amide bonds. The number of benzene rings is 1. The van der Waals surface area contributed by atoms with Crippen molar-refractivity contribution < 1.29 is 9.59 Å². The molecule has 0 saturated carbocycles. The first kappa shape index (κ1) is 12.2. The molecule has 0 aliphatic carbocycles. The van der Waals surface area contributed by atoms with Crippen LogP contribution >= 0.6 is 0 Å². The molecule has 2 heterocycles. The molecule has 2 aliphatic rings. The molecule has 0 spiro atoms. The number of rotatable bonds is 3. The van der Waals surface area contributed by atoms with Crippen molar-refractivity contribution >= 4 is 17.5 Å². The summed E-state index contributed by atoms with van der Waals surface area (Å²) in [6.07, 6.45) is 3.12. The fourth-order valence-corrected chi connectivity index (χ4v) is 2.93. The van der Waals surface area contributed by atoms with Crippen molar-refractivity contribution in [3.05, 3.63) is 28.8 Å². The Morgan fingerprint density at radius 1 is 1.26 bits per heavy atom. The molecule has 0 bridgehead atoms. The second kappa shape index (κ2) is 4.68. The highest BCUT2D eigenvalue weighted by Crippen LogP contribution is 2.37. The van der Waals surface area contributed by atoms with Crippen LogP contribution in [0.15, 0.2) is 12.1 Å². The van der Waals surface area contributed by atoms with Gasteiger partial charge in [0, 0.05) is 25.1 Å². The minimum Gasteiger partial charge on any atom is -0.352 e. The zero-order valence-electron chi connectivity index (χ0n) is 11.2. The topological polar surface area (TPSA) is 49.4 Å². The van der Waals surface area contributed by atoms with Gasteiger partial charge in [0.15, 0.2) is 0 Å². The van der Waals surface area contributed by atoms with E-state index in [9.17, 15) is 9.59 Å². The molecule has 4 heteroatoms. The van der Waals surface area contributed by atoms with E-state index >= 15 is 0 Å². The Morgan fingerprint density at radius 2 is 2.00 bits per heavy atom. The van der Waals surface area contributed by atoms with Gasteiger partial charge in [-0.1, -0.05) is 6.92 Å². The summed E-state index contributed by atoms with van der Waals surface area (Å²) in [4.78, 5) is 25.7. The zero-order chi connectivity index (χ0) is 13.4. The third-order valence-electron chi connectivity index (χ3n) is 3.85. The molecule has 3 rings (SSSR count). The van der Waals surface area contributed by atoms with E-state index in [1.807, 2.05) is 24.0 Å². The first-order valence-electron chi connectivity index (χ1n) is 6.95. The van der Waals surface area contributed by atoms with Crippen LogP contribution in [-0.4, -0.2) is 24.9 Å². The lowest BCUT2D eigenvalue weighted by atomic mass is 9.96. The normalized spacial score (nSPS) is 16.5. The smallest absolute Gasteiger partial charge is 0.251 e. The largest absolute Gasteiger partial charge is 0.352 e. The van der Waals surface area contributed by atoms with E-state index in [1.54, 1.807) is 0 Å². The van der Waals surface area contributed by atoms with Gasteiger partial charge < -0.3 is 10.2 Å². The SMILES string of the molecule is CCCNC(=O)c1cc2c3c(c1)CCN3C(=O)CC2. The van der Waals surface area contributed by atoms with Crippen LogP contribution in [0.5, 0.6) is 0 Å². The van der Waals surface area contributed by atoms with Gasteiger partial charge >= 0.3 is 0 Å². The van der Waals surface area contributed by atoms with E-state index in [0.29, 0.717) is 13.0 Å². The van der Waals surface area contributed by atoms with Crippen LogP contribution in [0.3, 0.4) is 0 Å². The van der Waals surface area contributed by atoms with Gasteiger partial charge in [-0.3, -0.25) is 9.59 Å². The van der Waals surface area contributed by atoms with Crippen LogP contribution in [0, 0.1) is 0 Å². The van der Waals surface area contributed by atoms with Gasteiger partial charge in [-0.25, -0.2) is 0 Å². The highest BCUT2D eigenvalue weighted by atomic mass is 16.2. The van der Waals surface area contributed by atoms with Crippen LogP contribution < -0.4 is 10.2 Å². The van der Waals surface area contributed by atoms with E-state index in [0.717, 1.165) is 48.2 Å². The standard InChI is InChI=1S/C15H18N2O2/c1-2-6-16-15(19)12-8-10-3-4-13(18)17-7-5-11(9-12)14(10)17/h8-9H,2-7H2,1H3,(H,16,19). The Bertz CT molecular complexity index is 551. The maximum Gasteiger partial charge on any atom is 0.251 e. The molecular weight excluding hydrogens is 240 g/mol. The van der Waals surface area contributed by atoms with Gasteiger partial charge in [0.2, 0.25) is 5.91 Å². The first-order valence-corrected chi connectivity index (χ1v) is 6.95. The number of carbonyl (C=O) groups is 2. The third-order valence-corrected chi connectivity index (χ3v) is 3.85. The van der Waals surface area contributed by atoms with Gasteiger partial charge in [0.1, 0.15) is 0 Å². The Kier molecular flexibility index (Phi) is 3.01. The average molecular weight is 258 g/mol. The molecule has 1 aromatic carbocycles. The minimum absolute atomic E-state index is 0.00347. The predicted molar refractivity (Wildman–Crippen MR) is 73.4 cm³/mol. The first-order chi connectivity index (χ1) is 9.20. The van der Waals surface area contributed by atoms with Crippen molar-refractivity contribution in [2.75, 3.05) is 18.0 Å². The second-order valence-corrected chi connectivity index (χ2v) is 5.19. The van der Waals surface area contributed by atoms with Crippen molar-refractivity contribution in [1.82, 2.24) is 5.32 Å². The highest BCUT2D eigenvalue weighted by Gasteiger charge is 2.31. The van der Waals surface area contributed by atoms with Crippen LogP contribution in [0.1, 0.15) is 41.3 Å². The summed E-state index contributed by atoms with van der Waals surface area (Å²) in [5.74, 6) is 0.214. The average Bonchev–Trinajstić information content (AvgIpc) is 2.85. The van der Waals surface area contributed by atoms with E-state index in [-0.39, 0.29) is 11.8 Å². The molecule has 0 radical (unpaired) electrons. The third kappa shape index (κ3) is 2.01. The minimum atomic E-state index is -0.00347. The summed E-state index contributed by atoms with van der Waals surface area (Å²) in [6, 6.07) is 3.90. The molecule has 2 aliphatic heterocycles. The fourth-order valence-electron chi connectivity index (χ4n) is 2.93. The quantitative estimate of drug-likeness (QED) is 0.896. The molecular formula is C15H18N2O2. The number of aryl methyl sites for hydroxylation is 1. The summed E-state index contributed by atoms with van der Waals surface area (Å²) in [5, 5.41) is 2.91. The Labute approximate surface area is 112 Å². The lowest BCUT2D eigenvalue weighted by Crippen LogP contribution is -2.33. The van der Waals surface area contributed by atoms with Crippen molar-refractivity contribution in [2.24, 2.45) is 0 Å². The molecule has 0 unspecified atom stereocenters. The molecule has 4 nitrogen and oxygen atoms in total. The van der Waals surface area contributed by atoms with Crippen LogP contribution in [0.25, 0.3) is 0 Å². The maximum absolute atomic E-state index is 12.0. The lowest BCUT2D eigenvalue weighted by molar-refractivity contribution is -0.118. The van der Waals surface area contributed by atoms with Crippen LogP contribution in [-0.2, 0) is 17.6 Å². The Hall–Kier alpha value is -1.84. The molecule has 0 fully saturated rings. The van der Waals surface area contributed by atoms with Crippen molar-refractivity contribution in [1.29, 1.82) is 0 Å². The molecule has 1 aromatic rings. The molecule has 0 atom stereocenters. The molecule has 19 heavy (non-hydrogen) atoms. The van der Waals surface area contributed by atoms with E-state index < -0.39 is 0 Å². The monoisotopic (exact) mass is 258 g/mol. The van der Waals surface area contributed by atoms with Gasteiger partial charge in [0.25, 0.3) is 5.91 Å². The van der Waals surface area contributed by atoms with Gasteiger partial charge in [0.05, 0.1) is 5.69 Å². The van der Waals surface area contributed by atoms with Crippen LogP contribution in [0.2, 0.25) is 0 Å². The number of hydrogen-bond donors (Lipinski definition) is 1. The zero-order valence-corrected chi connectivity index (χ0v) is 11.2. The molecule has 0 aromatic heterocycles. The van der Waals surface area contributed by atoms with E-state index in [4.69, 9.17) is 0 Å². The number of carbonyl (C=O) groups excluding carboxylic acids is 2. The van der Waals surface area contributed by atoms with Gasteiger partial charge in [-0.15, -0.1) is 0 Å². The Morgan fingerprint density at radius 3 is 2.74 bits per heavy atom. The summed E-state index contributed by atoms with van der Waals surface area (Å²) < 4.78 is 0.